The van der Waals surface area contributed by atoms with Gasteiger partial charge in [0.25, 0.3) is 5.56 Å². The summed E-state index contributed by atoms with van der Waals surface area (Å²) in [4.78, 5) is 16.4. The normalized spacial score (nSPS) is 11.8. The van der Waals surface area contributed by atoms with Gasteiger partial charge in [-0.3, -0.25) is 9.36 Å². The average Bonchev–Trinajstić information content (AvgIpc) is 2.49. The van der Waals surface area contributed by atoms with Crippen LogP contribution in [0.3, 0.4) is 0 Å². The summed E-state index contributed by atoms with van der Waals surface area (Å²) in [7, 11) is 0. The third kappa shape index (κ3) is 3.03. The number of aromatic nitrogens is 2. The van der Waals surface area contributed by atoms with Gasteiger partial charge in [0.2, 0.25) is 0 Å². The number of hydrogen-bond acceptors (Lipinski definition) is 3. The number of halogens is 3. The summed E-state index contributed by atoms with van der Waals surface area (Å²) in [6, 6.07) is 8.95. The van der Waals surface area contributed by atoms with Crippen LogP contribution in [0.1, 0.15) is 11.1 Å². The van der Waals surface area contributed by atoms with Crippen LogP contribution in [0.25, 0.3) is 10.9 Å². The Kier molecular flexibility index (Phi) is 3.55. The molecule has 0 unspecified atom stereocenters. The monoisotopic (exact) mass is 320 g/mol. The van der Waals surface area contributed by atoms with Crippen molar-refractivity contribution in [3.63, 3.8) is 0 Å². The van der Waals surface area contributed by atoms with E-state index >= 15 is 0 Å². The Morgan fingerprint density at radius 2 is 1.91 bits per heavy atom. The van der Waals surface area contributed by atoms with Gasteiger partial charge in [0.05, 0.1) is 29.3 Å². The van der Waals surface area contributed by atoms with Crippen molar-refractivity contribution in [2.75, 3.05) is 0 Å². The predicted molar refractivity (Wildman–Crippen MR) is 78.2 cm³/mol. The third-order valence-corrected chi connectivity index (χ3v) is 3.42. The molecule has 0 saturated carbocycles. The Morgan fingerprint density at radius 1 is 1.13 bits per heavy atom. The highest BCUT2D eigenvalue weighted by Gasteiger charge is 2.30. The summed E-state index contributed by atoms with van der Waals surface area (Å²) in [6.45, 7) is -0.0213. The fourth-order valence-electron chi connectivity index (χ4n) is 2.30. The number of phenolic OH excluding ortho intramolecular Hbond substituents is 1. The first kappa shape index (κ1) is 15.1. The van der Waals surface area contributed by atoms with Crippen molar-refractivity contribution in [1.82, 2.24) is 9.55 Å². The summed E-state index contributed by atoms with van der Waals surface area (Å²) < 4.78 is 39.4. The molecule has 3 rings (SSSR count). The van der Waals surface area contributed by atoms with Gasteiger partial charge in [-0.25, -0.2) is 4.98 Å². The quantitative estimate of drug-likeness (QED) is 0.789. The van der Waals surface area contributed by atoms with Gasteiger partial charge in [-0.15, -0.1) is 0 Å². The molecule has 0 bridgehead atoms. The zero-order valence-corrected chi connectivity index (χ0v) is 11.7. The van der Waals surface area contributed by atoms with Crippen LogP contribution in [0, 0.1) is 0 Å². The molecule has 4 nitrogen and oxygen atoms in total. The van der Waals surface area contributed by atoms with Crippen molar-refractivity contribution in [1.29, 1.82) is 0 Å². The largest absolute Gasteiger partial charge is 0.508 e. The molecule has 0 saturated heterocycles. The van der Waals surface area contributed by atoms with E-state index in [-0.39, 0.29) is 23.2 Å². The Balaban J connectivity index is 2.01. The van der Waals surface area contributed by atoms with Crippen LogP contribution in [0.4, 0.5) is 13.2 Å². The van der Waals surface area contributed by atoms with Crippen LogP contribution in [0.2, 0.25) is 0 Å². The SMILES string of the molecule is O=c1c2ccc(O)cc2ncn1Cc1cccc(C(F)(F)F)c1. The van der Waals surface area contributed by atoms with Gasteiger partial charge in [0.1, 0.15) is 5.75 Å². The number of fused-ring (bicyclic) bond motifs is 1. The molecule has 0 aliphatic carbocycles. The maximum atomic E-state index is 12.7. The van der Waals surface area contributed by atoms with Crippen molar-refractivity contribution < 1.29 is 18.3 Å². The van der Waals surface area contributed by atoms with Crippen molar-refractivity contribution >= 4 is 10.9 Å². The Hall–Kier alpha value is -2.83. The van der Waals surface area contributed by atoms with E-state index in [0.29, 0.717) is 11.1 Å². The highest BCUT2D eigenvalue weighted by Crippen LogP contribution is 2.29. The summed E-state index contributed by atoms with van der Waals surface area (Å²) in [6.07, 6.45) is -3.18. The van der Waals surface area contributed by atoms with Crippen LogP contribution in [-0.2, 0) is 12.7 Å². The zero-order chi connectivity index (χ0) is 16.6. The second-order valence-corrected chi connectivity index (χ2v) is 5.08. The zero-order valence-electron chi connectivity index (χ0n) is 11.7. The molecule has 2 aromatic carbocycles. The van der Waals surface area contributed by atoms with E-state index in [1.54, 1.807) is 0 Å². The van der Waals surface area contributed by atoms with Gasteiger partial charge in [0, 0.05) is 6.07 Å². The van der Waals surface area contributed by atoms with Gasteiger partial charge < -0.3 is 5.11 Å². The maximum absolute atomic E-state index is 12.7. The van der Waals surface area contributed by atoms with E-state index in [0.717, 1.165) is 12.1 Å². The van der Waals surface area contributed by atoms with E-state index in [9.17, 15) is 23.1 Å². The maximum Gasteiger partial charge on any atom is 0.416 e. The lowest BCUT2D eigenvalue weighted by atomic mass is 10.1. The molecule has 0 amide bonds. The smallest absolute Gasteiger partial charge is 0.416 e. The number of aromatic hydroxyl groups is 1. The molecule has 7 heteroatoms. The predicted octanol–water partition coefficient (Wildman–Crippen LogP) is 3.17. The third-order valence-electron chi connectivity index (χ3n) is 3.42. The van der Waals surface area contributed by atoms with Crippen LogP contribution in [0.5, 0.6) is 5.75 Å². The summed E-state index contributed by atoms with van der Waals surface area (Å²) in [5.74, 6) is -0.0139. The average molecular weight is 320 g/mol. The minimum atomic E-state index is -4.43. The number of benzene rings is 2. The van der Waals surface area contributed by atoms with Crippen LogP contribution < -0.4 is 5.56 Å². The lowest BCUT2D eigenvalue weighted by molar-refractivity contribution is -0.137. The number of rotatable bonds is 2. The van der Waals surface area contributed by atoms with Crippen LogP contribution >= 0.6 is 0 Å². The number of alkyl halides is 3. The Labute approximate surface area is 128 Å². The van der Waals surface area contributed by atoms with Crippen molar-refractivity contribution in [2.24, 2.45) is 0 Å². The first-order valence-corrected chi connectivity index (χ1v) is 6.69. The summed E-state index contributed by atoms with van der Waals surface area (Å²) >= 11 is 0. The molecule has 0 aliphatic heterocycles. The van der Waals surface area contributed by atoms with Crippen molar-refractivity contribution in [3.05, 3.63) is 70.3 Å². The first-order chi connectivity index (χ1) is 10.8. The van der Waals surface area contributed by atoms with Crippen LogP contribution in [-0.4, -0.2) is 14.7 Å². The van der Waals surface area contributed by atoms with E-state index in [1.807, 2.05) is 0 Å². The summed E-state index contributed by atoms with van der Waals surface area (Å²) in [5, 5.41) is 9.67. The molecule has 1 heterocycles. The molecule has 0 radical (unpaired) electrons. The molecule has 23 heavy (non-hydrogen) atoms. The minimum Gasteiger partial charge on any atom is -0.508 e. The highest BCUT2D eigenvalue weighted by molar-refractivity contribution is 5.78. The van der Waals surface area contributed by atoms with Gasteiger partial charge in [0.15, 0.2) is 0 Å². The number of phenols is 1. The molecule has 0 aliphatic rings. The molecule has 118 valence electrons. The lowest BCUT2D eigenvalue weighted by Gasteiger charge is -2.10. The molecule has 3 aromatic rings. The lowest BCUT2D eigenvalue weighted by Crippen LogP contribution is -2.21. The molecule has 1 N–H and O–H groups in total. The fraction of sp³-hybridized carbons (Fsp3) is 0.125. The molecular formula is C16H11F3N2O2. The number of hydrogen-bond donors (Lipinski definition) is 1. The van der Waals surface area contributed by atoms with Gasteiger partial charge in [-0.05, 0) is 29.8 Å². The molecular weight excluding hydrogens is 309 g/mol. The van der Waals surface area contributed by atoms with E-state index in [2.05, 4.69) is 4.98 Å². The molecule has 0 spiro atoms. The first-order valence-electron chi connectivity index (χ1n) is 6.69. The van der Waals surface area contributed by atoms with E-state index in [4.69, 9.17) is 0 Å². The van der Waals surface area contributed by atoms with E-state index < -0.39 is 11.7 Å². The summed E-state index contributed by atoms with van der Waals surface area (Å²) in [5.41, 5.74) is -0.466. The fourth-order valence-corrected chi connectivity index (χ4v) is 2.30. The van der Waals surface area contributed by atoms with Crippen LogP contribution in [0.15, 0.2) is 53.6 Å². The molecule has 0 fully saturated rings. The topological polar surface area (TPSA) is 55.1 Å². The second kappa shape index (κ2) is 5.42. The molecule has 0 atom stereocenters. The standard InChI is InChI=1S/C16H11F3N2O2/c17-16(18,19)11-3-1-2-10(6-11)8-21-9-20-14-7-12(22)4-5-13(14)15(21)23/h1-7,9,22H,8H2. The van der Waals surface area contributed by atoms with E-state index in [1.165, 1.54) is 41.2 Å². The minimum absolute atomic E-state index is 0.0139. The van der Waals surface area contributed by atoms with Gasteiger partial charge >= 0.3 is 6.18 Å². The second-order valence-electron chi connectivity index (χ2n) is 5.08. The van der Waals surface area contributed by atoms with Crippen molar-refractivity contribution in [2.45, 2.75) is 12.7 Å². The number of nitrogens with zero attached hydrogens (tertiary/aromatic N) is 2. The van der Waals surface area contributed by atoms with Crippen molar-refractivity contribution in [3.8, 4) is 5.75 Å². The van der Waals surface area contributed by atoms with Gasteiger partial charge in [-0.2, -0.15) is 13.2 Å². The van der Waals surface area contributed by atoms with Gasteiger partial charge in [-0.1, -0.05) is 12.1 Å². The Morgan fingerprint density at radius 3 is 2.65 bits per heavy atom. The molecule has 1 aromatic heterocycles. The Bertz CT molecular complexity index is 932. The highest BCUT2D eigenvalue weighted by atomic mass is 19.4.